The Hall–Kier alpha value is -0.660. The monoisotopic (exact) mass is 261 g/mol. The van der Waals surface area contributed by atoms with Gasteiger partial charge in [-0.2, -0.15) is 4.37 Å². The molecule has 1 unspecified atom stereocenters. The van der Waals surface area contributed by atoms with Crippen LogP contribution >= 0.6 is 23.3 Å². The van der Waals surface area contributed by atoms with Gasteiger partial charge in [-0.1, -0.05) is 18.7 Å². The van der Waals surface area contributed by atoms with Crippen molar-refractivity contribution in [2.24, 2.45) is 5.73 Å². The number of hydrogen-bond donors (Lipinski definition) is 1. The molecule has 0 radical (unpaired) electrons. The molecule has 0 fully saturated rings. The number of methoxy groups -OCH3 is 1. The number of esters is 1. The number of hydrogen-bond acceptors (Lipinski definition) is 7. The Balaban J connectivity index is 2.27. The highest BCUT2D eigenvalue weighted by Gasteiger charge is 2.13. The van der Waals surface area contributed by atoms with Gasteiger partial charge >= 0.3 is 5.97 Å². The number of aromatic nitrogens is 2. The van der Waals surface area contributed by atoms with E-state index < -0.39 is 6.04 Å². The lowest BCUT2D eigenvalue weighted by Crippen LogP contribution is -2.31. The molecule has 0 aromatic carbocycles. The third-order valence-electron chi connectivity index (χ3n) is 1.92. The van der Waals surface area contributed by atoms with Gasteiger partial charge in [0.25, 0.3) is 0 Å². The molecular weight excluding hydrogens is 246 g/mol. The molecule has 2 N–H and O–H groups in total. The van der Waals surface area contributed by atoms with Crippen LogP contribution in [-0.2, 0) is 16.0 Å². The van der Waals surface area contributed by atoms with Crippen LogP contribution in [0.4, 0.5) is 0 Å². The molecule has 90 valence electrons. The largest absolute Gasteiger partial charge is 0.468 e. The van der Waals surface area contributed by atoms with Crippen LogP contribution in [0.1, 0.15) is 19.2 Å². The van der Waals surface area contributed by atoms with E-state index in [0.29, 0.717) is 6.42 Å². The van der Waals surface area contributed by atoms with E-state index in [1.54, 1.807) is 11.8 Å². The van der Waals surface area contributed by atoms with Gasteiger partial charge in [0.2, 0.25) is 0 Å². The molecule has 0 aliphatic rings. The number of aryl methyl sites for hydroxylation is 1. The van der Waals surface area contributed by atoms with Gasteiger partial charge in [-0.3, -0.25) is 4.79 Å². The Bertz CT molecular complexity index is 343. The van der Waals surface area contributed by atoms with Crippen LogP contribution in [-0.4, -0.2) is 34.2 Å². The highest BCUT2D eigenvalue weighted by Crippen LogP contribution is 2.21. The zero-order valence-electron chi connectivity index (χ0n) is 9.30. The van der Waals surface area contributed by atoms with Crippen LogP contribution in [0.3, 0.4) is 0 Å². The molecule has 5 nitrogen and oxygen atoms in total. The molecule has 1 aromatic rings. The van der Waals surface area contributed by atoms with Gasteiger partial charge in [0.05, 0.1) is 7.11 Å². The summed E-state index contributed by atoms with van der Waals surface area (Å²) >= 11 is 2.95. The predicted molar refractivity (Wildman–Crippen MR) is 64.6 cm³/mol. The van der Waals surface area contributed by atoms with Crippen molar-refractivity contribution in [1.82, 2.24) is 9.36 Å². The van der Waals surface area contributed by atoms with Crippen molar-refractivity contribution in [3.8, 4) is 0 Å². The highest BCUT2D eigenvalue weighted by atomic mass is 32.2. The van der Waals surface area contributed by atoms with Crippen LogP contribution in [0.5, 0.6) is 0 Å². The van der Waals surface area contributed by atoms with E-state index in [1.807, 2.05) is 6.92 Å². The Kier molecular flexibility index (Phi) is 5.72. The maximum Gasteiger partial charge on any atom is 0.322 e. The summed E-state index contributed by atoms with van der Waals surface area (Å²) in [6.45, 7) is 2.02. The van der Waals surface area contributed by atoms with E-state index >= 15 is 0 Å². The molecule has 7 heteroatoms. The summed E-state index contributed by atoms with van der Waals surface area (Å²) in [7, 11) is 1.34. The fourth-order valence-electron chi connectivity index (χ4n) is 0.983. The lowest BCUT2D eigenvalue weighted by molar-refractivity contribution is -0.142. The van der Waals surface area contributed by atoms with Gasteiger partial charge in [-0.25, -0.2) is 4.98 Å². The molecule has 0 bridgehead atoms. The summed E-state index contributed by atoms with van der Waals surface area (Å²) in [5.74, 6) is 1.24. The molecule has 0 aliphatic heterocycles. The van der Waals surface area contributed by atoms with E-state index in [1.165, 1.54) is 18.6 Å². The van der Waals surface area contributed by atoms with E-state index in [-0.39, 0.29) is 5.97 Å². The predicted octanol–water partition coefficient (Wildman–Crippen LogP) is 1.08. The fraction of sp³-hybridized carbons (Fsp3) is 0.667. The standard InChI is InChI=1S/C9H15N3O2S2/c1-3-7-11-9(16-12-7)15-5-4-6(10)8(13)14-2/h6H,3-5,10H2,1-2H3. The van der Waals surface area contributed by atoms with Gasteiger partial charge in [0, 0.05) is 12.2 Å². The molecule has 0 saturated heterocycles. The van der Waals surface area contributed by atoms with Gasteiger partial charge in [0.1, 0.15) is 11.9 Å². The second kappa shape index (κ2) is 6.82. The number of ether oxygens (including phenoxy) is 1. The number of nitrogens with two attached hydrogens (primary N) is 1. The SMILES string of the molecule is CCc1nsc(SCCC(N)C(=O)OC)n1. The summed E-state index contributed by atoms with van der Waals surface area (Å²) in [5, 5.41) is 0. The topological polar surface area (TPSA) is 78.1 Å². The fourth-order valence-corrected chi connectivity index (χ4v) is 2.77. The average Bonchev–Trinajstić information content (AvgIpc) is 2.75. The molecule has 1 heterocycles. The number of carbonyl (C=O) groups is 1. The molecule has 0 amide bonds. The second-order valence-corrected chi connectivity index (χ2v) is 5.19. The molecule has 1 rings (SSSR count). The number of thioether (sulfide) groups is 1. The zero-order valence-corrected chi connectivity index (χ0v) is 10.9. The smallest absolute Gasteiger partial charge is 0.322 e. The maximum atomic E-state index is 11.0. The zero-order chi connectivity index (χ0) is 12.0. The Morgan fingerprint density at radius 2 is 2.44 bits per heavy atom. The third-order valence-corrected chi connectivity index (χ3v) is 3.83. The second-order valence-electron chi connectivity index (χ2n) is 3.10. The van der Waals surface area contributed by atoms with E-state index in [4.69, 9.17) is 5.73 Å². The summed E-state index contributed by atoms with van der Waals surface area (Å²) in [4.78, 5) is 15.3. The van der Waals surface area contributed by atoms with Crippen LogP contribution < -0.4 is 5.73 Å². The number of carbonyl (C=O) groups excluding carboxylic acids is 1. The van der Waals surface area contributed by atoms with Gasteiger partial charge in [-0.05, 0) is 18.0 Å². The minimum atomic E-state index is -0.545. The van der Waals surface area contributed by atoms with E-state index in [9.17, 15) is 4.79 Å². The van der Waals surface area contributed by atoms with Crippen molar-refractivity contribution < 1.29 is 9.53 Å². The molecular formula is C9H15N3O2S2. The van der Waals surface area contributed by atoms with Gasteiger partial charge in [0.15, 0.2) is 4.34 Å². The van der Waals surface area contributed by atoms with Crippen LogP contribution in [0, 0.1) is 0 Å². The van der Waals surface area contributed by atoms with Crippen LogP contribution in [0.15, 0.2) is 4.34 Å². The average molecular weight is 261 g/mol. The van der Waals surface area contributed by atoms with Crippen molar-refractivity contribution in [3.63, 3.8) is 0 Å². The first-order valence-corrected chi connectivity index (χ1v) is 6.72. The lowest BCUT2D eigenvalue weighted by Gasteiger charge is -2.07. The summed E-state index contributed by atoms with van der Waals surface area (Å²) in [6, 6.07) is -0.545. The van der Waals surface area contributed by atoms with Crippen LogP contribution in [0.2, 0.25) is 0 Å². The molecule has 16 heavy (non-hydrogen) atoms. The van der Waals surface area contributed by atoms with E-state index in [0.717, 1.165) is 22.3 Å². The van der Waals surface area contributed by atoms with E-state index in [2.05, 4.69) is 14.1 Å². The quantitative estimate of drug-likeness (QED) is 0.610. The highest BCUT2D eigenvalue weighted by molar-refractivity contribution is 8.00. The van der Waals surface area contributed by atoms with Crippen molar-refractivity contribution in [2.45, 2.75) is 30.1 Å². The minimum Gasteiger partial charge on any atom is -0.468 e. The first-order valence-electron chi connectivity index (χ1n) is 4.96. The van der Waals surface area contributed by atoms with Crippen molar-refractivity contribution in [2.75, 3.05) is 12.9 Å². The number of rotatable bonds is 6. The summed E-state index contributed by atoms with van der Waals surface area (Å²) < 4.78 is 9.63. The molecule has 1 aromatic heterocycles. The van der Waals surface area contributed by atoms with Crippen molar-refractivity contribution in [1.29, 1.82) is 0 Å². The normalized spacial score (nSPS) is 12.4. The molecule has 1 atom stereocenters. The van der Waals surface area contributed by atoms with Crippen molar-refractivity contribution >= 4 is 29.3 Å². The third kappa shape index (κ3) is 4.07. The molecule has 0 spiro atoms. The van der Waals surface area contributed by atoms with Crippen molar-refractivity contribution in [3.05, 3.63) is 5.82 Å². The summed E-state index contributed by atoms with van der Waals surface area (Å²) in [5.41, 5.74) is 5.60. The molecule has 0 saturated carbocycles. The lowest BCUT2D eigenvalue weighted by atomic mass is 10.2. The first kappa shape index (κ1) is 13.4. The minimum absolute atomic E-state index is 0.368. The van der Waals surface area contributed by atoms with Gasteiger partial charge < -0.3 is 10.5 Å². The maximum absolute atomic E-state index is 11.0. The first-order chi connectivity index (χ1) is 7.67. The Morgan fingerprint density at radius 1 is 1.69 bits per heavy atom. The Labute approximate surface area is 103 Å². The molecule has 0 aliphatic carbocycles. The van der Waals surface area contributed by atoms with Crippen LogP contribution in [0.25, 0.3) is 0 Å². The summed E-state index contributed by atoms with van der Waals surface area (Å²) in [6.07, 6.45) is 1.43. The van der Waals surface area contributed by atoms with Gasteiger partial charge in [-0.15, -0.1) is 0 Å². The number of nitrogens with zero attached hydrogens (tertiary/aromatic N) is 2. The Morgan fingerprint density at radius 3 is 3.00 bits per heavy atom.